The second kappa shape index (κ2) is 11.0. The molecule has 0 aromatic heterocycles. The zero-order chi connectivity index (χ0) is 22.1. The normalized spacial score (nSPS) is 11.7. The van der Waals surface area contributed by atoms with Crippen molar-refractivity contribution < 1.29 is 24.6 Å². The minimum Gasteiger partial charge on any atom is -0.481 e. The van der Waals surface area contributed by atoms with Crippen LogP contribution >= 0.6 is 0 Å². The molecule has 0 heterocycles. The highest BCUT2D eigenvalue weighted by molar-refractivity contribution is 5.83. The van der Waals surface area contributed by atoms with E-state index in [2.05, 4.69) is 5.32 Å². The molecule has 0 aliphatic heterocycles. The van der Waals surface area contributed by atoms with Gasteiger partial charge in [0.1, 0.15) is 6.04 Å². The summed E-state index contributed by atoms with van der Waals surface area (Å²) in [5.74, 6) is -2.03. The molecular weight excluding hydrogens is 384 g/mol. The van der Waals surface area contributed by atoms with Crippen LogP contribution < -0.4 is 5.32 Å². The van der Waals surface area contributed by atoms with Gasteiger partial charge in [0.15, 0.2) is 0 Å². The quantitative estimate of drug-likeness (QED) is 0.554. The maximum atomic E-state index is 12.6. The molecule has 160 valence electrons. The van der Waals surface area contributed by atoms with Crippen molar-refractivity contribution in [1.29, 1.82) is 0 Å². The lowest BCUT2D eigenvalue weighted by molar-refractivity contribution is -0.139. The van der Waals surface area contributed by atoms with E-state index in [1.165, 1.54) is 4.90 Å². The van der Waals surface area contributed by atoms with Crippen LogP contribution in [0.25, 0.3) is 11.1 Å². The van der Waals surface area contributed by atoms with Gasteiger partial charge < -0.3 is 20.4 Å². The number of aliphatic carboxylic acids is 2. The highest BCUT2D eigenvalue weighted by Crippen LogP contribution is 2.20. The highest BCUT2D eigenvalue weighted by Gasteiger charge is 2.24. The monoisotopic (exact) mass is 412 g/mol. The molecule has 0 aliphatic carbocycles. The summed E-state index contributed by atoms with van der Waals surface area (Å²) in [6.45, 7) is 4.18. The third-order valence-electron chi connectivity index (χ3n) is 4.54. The van der Waals surface area contributed by atoms with Crippen molar-refractivity contribution in [3.8, 4) is 11.1 Å². The van der Waals surface area contributed by atoms with Gasteiger partial charge in [0, 0.05) is 19.5 Å². The van der Waals surface area contributed by atoms with E-state index in [1.807, 2.05) is 68.4 Å². The summed E-state index contributed by atoms with van der Waals surface area (Å²) in [5, 5.41) is 21.1. The topological polar surface area (TPSA) is 107 Å². The van der Waals surface area contributed by atoms with E-state index in [-0.39, 0.29) is 25.3 Å². The number of amides is 2. The Balaban J connectivity index is 2.12. The molecule has 1 atom stereocenters. The molecule has 3 N–H and O–H groups in total. The van der Waals surface area contributed by atoms with Crippen LogP contribution in [0.1, 0.15) is 25.8 Å². The van der Waals surface area contributed by atoms with Gasteiger partial charge in [-0.1, -0.05) is 68.4 Å². The summed E-state index contributed by atoms with van der Waals surface area (Å²) in [5.41, 5.74) is 2.77. The number of hydrogen-bond donors (Lipinski definition) is 3. The van der Waals surface area contributed by atoms with Crippen molar-refractivity contribution in [3.63, 3.8) is 0 Å². The Kier molecular flexibility index (Phi) is 8.41. The number of hydrogen-bond acceptors (Lipinski definition) is 3. The number of carboxylic acids is 2. The summed E-state index contributed by atoms with van der Waals surface area (Å²) >= 11 is 0. The number of urea groups is 1. The van der Waals surface area contributed by atoms with Gasteiger partial charge in [-0.05, 0) is 22.6 Å². The van der Waals surface area contributed by atoms with Crippen molar-refractivity contribution in [2.75, 3.05) is 13.1 Å². The molecule has 0 bridgehead atoms. The van der Waals surface area contributed by atoms with Crippen LogP contribution in [0.3, 0.4) is 0 Å². The minimum atomic E-state index is -1.14. The Bertz CT molecular complexity index is 867. The number of carboxylic acid groups (broad SMARTS) is 2. The molecule has 0 saturated carbocycles. The summed E-state index contributed by atoms with van der Waals surface area (Å²) in [6, 6.07) is 15.6. The fourth-order valence-corrected chi connectivity index (χ4v) is 3.13. The summed E-state index contributed by atoms with van der Waals surface area (Å²) in [6.07, 6.45) is -0.0762. The SMILES string of the molecule is CC(C)CN(CCC(=O)O)C(=O)NC(Cc1cccc(-c2ccccc2)c1)C(=O)O. The third-order valence-corrected chi connectivity index (χ3v) is 4.54. The van der Waals surface area contributed by atoms with E-state index in [0.29, 0.717) is 6.54 Å². The van der Waals surface area contributed by atoms with Gasteiger partial charge in [-0.15, -0.1) is 0 Å². The number of rotatable bonds is 10. The predicted molar refractivity (Wildman–Crippen MR) is 114 cm³/mol. The number of nitrogens with zero attached hydrogens (tertiary/aromatic N) is 1. The van der Waals surface area contributed by atoms with Gasteiger partial charge in [-0.25, -0.2) is 9.59 Å². The molecular formula is C23H28N2O5. The Morgan fingerprint density at radius 2 is 1.63 bits per heavy atom. The first-order valence-electron chi connectivity index (χ1n) is 9.90. The zero-order valence-corrected chi connectivity index (χ0v) is 17.2. The van der Waals surface area contributed by atoms with E-state index in [0.717, 1.165) is 16.7 Å². The molecule has 0 spiro atoms. The van der Waals surface area contributed by atoms with Crippen LogP contribution in [0.2, 0.25) is 0 Å². The lowest BCUT2D eigenvalue weighted by Gasteiger charge is -2.26. The molecule has 2 rings (SSSR count). The summed E-state index contributed by atoms with van der Waals surface area (Å²) in [7, 11) is 0. The number of nitrogens with one attached hydrogen (secondary N) is 1. The number of carbonyl (C=O) groups is 3. The lowest BCUT2D eigenvalue weighted by atomic mass is 9.99. The van der Waals surface area contributed by atoms with E-state index in [4.69, 9.17) is 5.11 Å². The van der Waals surface area contributed by atoms with Crippen LogP contribution in [-0.4, -0.2) is 52.2 Å². The van der Waals surface area contributed by atoms with Gasteiger partial charge in [0.25, 0.3) is 0 Å². The molecule has 0 aliphatic rings. The molecule has 0 radical (unpaired) electrons. The molecule has 1 unspecified atom stereocenters. The molecule has 7 heteroatoms. The lowest BCUT2D eigenvalue weighted by Crippen LogP contribution is -2.50. The van der Waals surface area contributed by atoms with Crippen LogP contribution in [0, 0.1) is 5.92 Å². The smallest absolute Gasteiger partial charge is 0.326 e. The van der Waals surface area contributed by atoms with Gasteiger partial charge in [0.05, 0.1) is 6.42 Å². The van der Waals surface area contributed by atoms with Crippen LogP contribution in [-0.2, 0) is 16.0 Å². The van der Waals surface area contributed by atoms with Gasteiger partial charge in [0.2, 0.25) is 0 Å². The zero-order valence-electron chi connectivity index (χ0n) is 17.2. The van der Waals surface area contributed by atoms with Gasteiger partial charge >= 0.3 is 18.0 Å². The first kappa shape index (κ1) is 22.9. The standard InChI is InChI=1S/C23H28N2O5/c1-16(2)15-25(12-11-21(26)27)23(30)24-20(22(28)29)14-17-7-6-10-19(13-17)18-8-4-3-5-9-18/h3-10,13,16,20H,11-12,14-15H2,1-2H3,(H,24,30)(H,26,27)(H,28,29). The summed E-state index contributed by atoms with van der Waals surface area (Å²) < 4.78 is 0. The molecule has 0 saturated heterocycles. The van der Waals surface area contributed by atoms with Crippen molar-refractivity contribution in [1.82, 2.24) is 10.2 Å². The maximum absolute atomic E-state index is 12.6. The van der Waals surface area contributed by atoms with Gasteiger partial charge in [-0.2, -0.15) is 0 Å². The van der Waals surface area contributed by atoms with E-state index < -0.39 is 24.0 Å². The molecule has 7 nitrogen and oxygen atoms in total. The first-order chi connectivity index (χ1) is 14.3. The second-order valence-corrected chi connectivity index (χ2v) is 7.59. The van der Waals surface area contributed by atoms with E-state index in [9.17, 15) is 19.5 Å². The molecule has 30 heavy (non-hydrogen) atoms. The van der Waals surface area contributed by atoms with Crippen LogP contribution in [0.4, 0.5) is 4.79 Å². The third kappa shape index (κ3) is 7.24. The molecule has 0 fully saturated rings. The van der Waals surface area contributed by atoms with Crippen molar-refractivity contribution in [3.05, 3.63) is 60.2 Å². The first-order valence-corrected chi connectivity index (χ1v) is 9.90. The van der Waals surface area contributed by atoms with Gasteiger partial charge in [-0.3, -0.25) is 4.79 Å². The van der Waals surface area contributed by atoms with Crippen molar-refractivity contribution in [2.24, 2.45) is 5.92 Å². The maximum Gasteiger partial charge on any atom is 0.326 e. The second-order valence-electron chi connectivity index (χ2n) is 7.59. The van der Waals surface area contributed by atoms with E-state index in [1.54, 1.807) is 0 Å². The fraction of sp³-hybridized carbons (Fsp3) is 0.348. The molecule has 2 aromatic carbocycles. The minimum absolute atomic E-state index is 0.0230. The number of benzene rings is 2. The predicted octanol–water partition coefficient (Wildman–Crippen LogP) is 3.49. The average molecular weight is 412 g/mol. The average Bonchev–Trinajstić information content (AvgIpc) is 2.71. The van der Waals surface area contributed by atoms with Crippen LogP contribution in [0.15, 0.2) is 54.6 Å². The van der Waals surface area contributed by atoms with Crippen molar-refractivity contribution in [2.45, 2.75) is 32.7 Å². The molecule has 2 amide bonds. The Hall–Kier alpha value is -3.35. The Morgan fingerprint density at radius 1 is 0.967 bits per heavy atom. The van der Waals surface area contributed by atoms with Crippen LogP contribution in [0.5, 0.6) is 0 Å². The Morgan fingerprint density at radius 3 is 2.23 bits per heavy atom. The Labute approximate surface area is 176 Å². The highest BCUT2D eigenvalue weighted by atomic mass is 16.4. The number of carbonyl (C=O) groups excluding carboxylic acids is 1. The largest absolute Gasteiger partial charge is 0.481 e. The summed E-state index contributed by atoms with van der Waals surface area (Å²) in [4.78, 5) is 36.7. The fourth-order valence-electron chi connectivity index (χ4n) is 3.13. The molecule has 2 aromatic rings. The van der Waals surface area contributed by atoms with Crippen molar-refractivity contribution >= 4 is 18.0 Å². The van der Waals surface area contributed by atoms with E-state index >= 15 is 0 Å².